The van der Waals surface area contributed by atoms with Gasteiger partial charge in [-0.2, -0.15) is 0 Å². The zero-order valence-corrected chi connectivity index (χ0v) is 13.9. The summed E-state index contributed by atoms with van der Waals surface area (Å²) in [5.74, 6) is 0.763. The number of likely N-dealkylation sites (tertiary alicyclic amines) is 2. The van der Waals surface area contributed by atoms with Crippen molar-refractivity contribution in [3.63, 3.8) is 0 Å². The van der Waals surface area contributed by atoms with Crippen molar-refractivity contribution < 1.29 is 4.79 Å². The zero-order chi connectivity index (χ0) is 15.6. The summed E-state index contributed by atoms with van der Waals surface area (Å²) >= 11 is 1.48. The monoisotopic (exact) mass is 327 g/mol. The molecule has 0 spiro atoms. The number of aromatic nitrogens is 1. The number of rotatable bonds is 5. The molecule has 2 aliphatic heterocycles. The molecule has 0 saturated carbocycles. The Morgan fingerprint density at radius 1 is 1.22 bits per heavy atom. The average molecular weight is 327 g/mol. The molecule has 2 fully saturated rings. The average Bonchev–Trinajstić information content (AvgIpc) is 3.20. The lowest BCUT2D eigenvalue weighted by Gasteiger charge is -2.43. The van der Waals surface area contributed by atoms with Crippen molar-refractivity contribution in [3.05, 3.63) is 52.5 Å². The van der Waals surface area contributed by atoms with Crippen LogP contribution in [-0.4, -0.2) is 52.9 Å². The Hall–Kier alpha value is -1.72. The molecule has 0 bridgehead atoms. The molecule has 1 amide bonds. The number of carbonyl (C=O) groups is 1. The summed E-state index contributed by atoms with van der Waals surface area (Å²) in [7, 11) is 0. The van der Waals surface area contributed by atoms with Gasteiger partial charge in [0.05, 0.1) is 5.51 Å². The van der Waals surface area contributed by atoms with Gasteiger partial charge in [0.1, 0.15) is 5.69 Å². The van der Waals surface area contributed by atoms with Gasteiger partial charge in [-0.15, -0.1) is 11.3 Å². The number of amides is 1. The Morgan fingerprint density at radius 2 is 2.09 bits per heavy atom. The number of benzene rings is 1. The Kier molecular flexibility index (Phi) is 4.14. The van der Waals surface area contributed by atoms with Crippen LogP contribution >= 0.6 is 11.3 Å². The number of hydrogen-bond donors (Lipinski definition) is 0. The summed E-state index contributed by atoms with van der Waals surface area (Å²) < 4.78 is 0. The maximum atomic E-state index is 12.4. The highest BCUT2D eigenvalue weighted by Gasteiger charge is 2.46. The molecule has 23 heavy (non-hydrogen) atoms. The summed E-state index contributed by atoms with van der Waals surface area (Å²) in [6.07, 6.45) is 2.32. The van der Waals surface area contributed by atoms with E-state index in [1.54, 1.807) is 5.51 Å². The number of carbonyl (C=O) groups excluding carboxylic acids is 1. The summed E-state index contributed by atoms with van der Waals surface area (Å²) in [6, 6.07) is 11.2. The molecule has 1 aromatic carbocycles. The molecule has 1 aromatic heterocycles. The predicted octanol–water partition coefficient (Wildman–Crippen LogP) is 2.53. The number of aryl methyl sites for hydroxylation is 1. The van der Waals surface area contributed by atoms with Crippen molar-refractivity contribution in [2.75, 3.05) is 26.2 Å². The summed E-state index contributed by atoms with van der Waals surface area (Å²) in [4.78, 5) is 21.1. The Labute approximate surface area is 140 Å². The minimum atomic E-state index is 0.102. The molecular formula is C18H21N3OS. The van der Waals surface area contributed by atoms with Gasteiger partial charge in [-0.1, -0.05) is 30.3 Å². The van der Waals surface area contributed by atoms with E-state index in [4.69, 9.17) is 0 Å². The minimum absolute atomic E-state index is 0.102. The van der Waals surface area contributed by atoms with Crippen LogP contribution in [0.3, 0.4) is 0 Å². The fraction of sp³-hybridized carbons (Fsp3) is 0.444. The second kappa shape index (κ2) is 6.42. The van der Waals surface area contributed by atoms with Gasteiger partial charge in [-0.3, -0.25) is 9.69 Å². The number of thiazole rings is 1. The van der Waals surface area contributed by atoms with Crippen LogP contribution in [0.15, 0.2) is 41.2 Å². The first-order chi connectivity index (χ1) is 11.3. The quantitative estimate of drug-likeness (QED) is 0.847. The van der Waals surface area contributed by atoms with Gasteiger partial charge in [0, 0.05) is 37.0 Å². The summed E-state index contributed by atoms with van der Waals surface area (Å²) in [5.41, 5.74) is 3.75. The van der Waals surface area contributed by atoms with Crippen molar-refractivity contribution in [2.24, 2.45) is 5.92 Å². The van der Waals surface area contributed by atoms with Crippen LogP contribution in [0.4, 0.5) is 0 Å². The molecule has 3 heterocycles. The highest BCUT2D eigenvalue weighted by atomic mass is 32.1. The molecule has 4 nitrogen and oxygen atoms in total. The van der Waals surface area contributed by atoms with E-state index in [1.807, 2.05) is 10.3 Å². The van der Waals surface area contributed by atoms with Crippen molar-refractivity contribution in [2.45, 2.75) is 18.9 Å². The first-order valence-corrected chi connectivity index (χ1v) is 9.21. The fourth-order valence-electron chi connectivity index (χ4n) is 3.78. The van der Waals surface area contributed by atoms with Crippen molar-refractivity contribution in [3.8, 4) is 0 Å². The standard InChI is InChI=1S/C18H21N3OS/c22-18(16-12-23-13-19-16)21-10-15-9-20(17(15)11-21)8-4-7-14-5-2-1-3-6-14/h1-3,5-6,12-13,15,17H,4,7-11H2/t15-,17+/m0/s1. The van der Waals surface area contributed by atoms with E-state index in [1.165, 1.54) is 23.3 Å². The van der Waals surface area contributed by atoms with Crippen molar-refractivity contribution in [1.29, 1.82) is 0 Å². The molecule has 2 aromatic rings. The van der Waals surface area contributed by atoms with E-state index in [9.17, 15) is 4.79 Å². The van der Waals surface area contributed by atoms with Gasteiger partial charge in [0.15, 0.2) is 0 Å². The van der Waals surface area contributed by atoms with Crippen LogP contribution in [0.25, 0.3) is 0 Å². The highest BCUT2D eigenvalue weighted by molar-refractivity contribution is 7.07. The van der Waals surface area contributed by atoms with Crippen LogP contribution in [0.2, 0.25) is 0 Å². The van der Waals surface area contributed by atoms with Gasteiger partial charge in [-0.05, 0) is 24.9 Å². The highest BCUT2D eigenvalue weighted by Crippen LogP contribution is 2.33. The third kappa shape index (κ3) is 3.03. The number of hydrogen-bond acceptors (Lipinski definition) is 4. The van der Waals surface area contributed by atoms with Crippen molar-refractivity contribution in [1.82, 2.24) is 14.8 Å². The van der Waals surface area contributed by atoms with E-state index in [-0.39, 0.29) is 5.91 Å². The SMILES string of the molecule is O=C(c1cscn1)N1C[C@@H]2CN(CCCc3ccccc3)[C@@H]2C1. The Balaban J connectivity index is 1.26. The predicted molar refractivity (Wildman–Crippen MR) is 91.6 cm³/mol. The van der Waals surface area contributed by atoms with E-state index in [0.29, 0.717) is 17.7 Å². The lowest BCUT2D eigenvalue weighted by molar-refractivity contribution is 0.0505. The van der Waals surface area contributed by atoms with E-state index >= 15 is 0 Å². The molecular weight excluding hydrogens is 306 g/mol. The second-order valence-corrected chi connectivity index (χ2v) is 7.21. The summed E-state index contributed by atoms with van der Waals surface area (Å²) in [5, 5.41) is 1.85. The molecule has 0 radical (unpaired) electrons. The van der Waals surface area contributed by atoms with Gasteiger partial charge in [0.2, 0.25) is 0 Å². The number of fused-ring (bicyclic) bond motifs is 1. The van der Waals surface area contributed by atoms with E-state index < -0.39 is 0 Å². The van der Waals surface area contributed by atoms with E-state index in [2.05, 4.69) is 40.2 Å². The lowest BCUT2D eigenvalue weighted by atomic mass is 9.91. The Bertz CT molecular complexity index is 658. The maximum absolute atomic E-state index is 12.4. The molecule has 2 atom stereocenters. The normalized spacial score (nSPS) is 23.6. The first kappa shape index (κ1) is 14.8. The second-order valence-electron chi connectivity index (χ2n) is 6.50. The largest absolute Gasteiger partial charge is 0.335 e. The van der Waals surface area contributed by atoms with Crippen LogP contribution in [0.1, 0.15) is 22.5 Å². The van der Waals surface area contributed by atoms with Crippen LogP contribution < -0.4 is 0 Å². The van der Waals surface area contributed by atoms with E-state index in [0.717, 1.165) is 32.6 Å². The van der Waals surface area contributed by atoms with Gasteiger partial charge in [-0.25, -0.2) is 4.98 Å². The molecule has 0 unspecified atom stereocenters. The van der Waals surface area contributed by atoms with Gasteiger partial charge < -0.3 is 4.90 Å². The summed E-state index contributed by atoms with van der Waals surface area (Å²) in [6.45, 7) is 4.04. The third-order valence-electron chi connectivity index (χ3n) is 5.04. The molecule has 2 aliphatic rings. The maximum Gasteiger partial charge on any atom is 0.273 e. The molecule has 4 rings (SSSR count). The molecule has 0 aliphatic carbocycles. The molecule has 120 valence electrons. The fourth-order valence-corrected chi connectivity index (χ4v) is 4.31. The molecule has 2 saturated heterocycles. The smallest absolute Gasteiger partial charge is 0.273 e. The Morgan fingerprint density at radius 3 is 2.87 bits per heavy atom. The third-order valence-corrected chi connectivity index (χ3v) is 5.62. The molecule has 5 heteroatoms. The van der Waals surface area contributed by atoms with Crippen LogP contribution in [0.5, 0.6) is 0 Å². The van der Waals surface area contributed by atoms with Crippen LogP contribution in [0, 0.1) is 5.92 Å². The molecule has 0 N–H and O–H groups in total. The zero-order valence-electron chi connectivity index (χ0n) is 13.1. The lowest BCUT2D eigenvalue weighted by Crippen LogP contribution is -2.55. The van der Waals surface area contributed by atoms with Gasteiger partial charge >= 0.3 is 0 Å². The van der Waals surface area contributed by atoms with Crippen LogP contribution in [-0.2, 0) is 6.42 Å². The number of nitrogens with zero attached hydrogens (tertiary/aromatic N) is 3. The topological polar surface area (TPSA) is 36.4 Å². The minimum Gasteiger partial charge on any atom is -0.335 e. The first-order valence-electron chi connectivity index (χ1n) is 8.27. The van der Waals surface area contributed by atoms with Gasteiger partial charge in [0.25, 0.3) is 5.91 Å². The van der Waals surface area contributed by atoms with Crippen molar-refractivity contribution >= 4 is 17.2 Å².